The normalized spacial score (nSPS) is 14.3. The number of aryl methyl sites for hydroxylation is 1. The quantitative estimate of drug-likeness (QED) is 0.684. The fourth-order valence-electron chi connectivity index (χ4n) is 2.01. The van der Waals surface area contributed by atoms with Gasteiger partial charge in [0.15, 0.2) is 0 Å². The number of nitrogens with two attached hydrogens (primary N) is 2. The number of ether oxygens (including phenoxy) is 1. The summed E-state index contributed by atoms with van der Waals surface area (Å²) in [5.41, 5.74) is 13.3. The van der Waals surface area contributed by atoms with E-state index in [0.717, 1.165) is 23.3 Å². The SMILES string of the molecule is CCOc1ccc(C(O)C(N)CCN)c(CC)c1. The van der Waals surface area contributed by atoms with Gasteiger partial charge < -0.3 is 21.3 Å². The third-order valence-corrected chi connectivity index (χ3v) is 3.03. The van der Waals surface area contributed by atoms with Crippen molar-refractivity contribution in [3.63, 3.8) is 0 Å². The van der Waals surface area contributed by atoms with E-state index in [4.69, 9.17) is 16.2 Å². The van der Waals surface area contributed by atoms with Crippen molar-refractivity contribution in [1.82, 2.24) is 0 Å². The van der Waals surface area contributed by atoms with E-state index in [1.54, 1.807) is 0 Å². The van der Waals surface area contributed by atoms with Gasteiger partial charge in [0.2, 0.25) is 0 Å². The zero-order valence-electron chi connectivity index (χ0n) is 11.2. The molecular weight excluding hydrogens is 228 g/mol. The van der Waals surface area contributed by atoms with Crippen molar-refractivity contribution >= 4 is 0 Å². The number of hydrogen-bond acceptors (Lipinski definition) is 4. The average molecular weight is 252 g/mol. The molecule has 4 nitrogen and oxygen atoms in total. The first-order valence-electron chi connectivity index (χ1n) is 6.53. The molecule has 0 aliphatic carbocycles. The molecule has 0 spiro atoms. The highest BCUT2D eigenvalue weighted by Gasteiger charge is 2.19. The van der Waals surface area contributed by atoms with Crippen molar-refractivity contribution in [1.29, 1.82) is 0 Å². The molecular formula is C14H24N2O2. The molecule has 5 N–H and O–H groups in total. The second-order valence-corrected chi connectivity index (χ2v) is 4.33. The Morgan fingerprint density at radius 3 is 2.61 bits per heavy atom. The second kappa shape index (κ2) is 7.36. The van der Waals surface area contributed by atoms with Crippen LogP contribution in [0.15, 0.2) is 18.2 Å². The van der Waals surface area contributed by atoms with Crippen molar-refractivity contribution in [3.8, 4) is 5.75 Å². The number of benzene rings is 1. The second-order valence-electron chi connectivity index (χ2n) is 4.33. The van der Waals surface area contributed by atoms with Gasteiger partial charge in [0.25, 0.3) is 0 Å². The first-order valence-corrected chi connectivity index (χ1v) is 6.53. The van der Waals surface area contributed by atoms with Crippen LogP contribution in [0.3, 0.4) is 0 Å². The van der Waals surface area contributed by atoms with Crippen LogP contribution < -0.4 is 16.2 Å². The molecule has 0 radical (unpaired) electrons. The molecule has 0 aliphatic heterocycles. The Hall–Kier alpha value is -1.10. The van der Waals surface area contributed by atoms with Crippen molar-refractivity contribution < 1.29 is 9.84 Å². The zero-order chi connectivity index (χ0) is 13.5. The number of rotatable bonds is 7. The maximum absolute atomic E-state index is 10.2. The predicted molar refractivity (Wildman–Crippen MR) is 73.6 cm³/mol. The Balaban J connectivity index is 2.93. The minimum absolute atomic E-state index is 0.321. The van der Waals surface area contributed by atoms with Gasteiger partial charge in [0.05, 0.1) is 12.7 Å². The van der Waals surface area contributed by atoms with E-state index in [0.29, 0.717) is 19.6 Å². The lowest BCUT2D eigenvalue weighted by Crippen LogP contribution is -2.31. The van der Waals surface area contributed by atoms with Gasteiger partial charge in [-0.05, 0) is 49.6 Å². The number of hydrogen-bond donors (Lipinski definition) is 3. The minimum atomic E-state index is -0.667. The fraction of sp³-hybridized carbons (Fsp3) is 0.571. The fourth-order valence-corrected chi connectivity index (χ4v) is 2.01. The molecule has 0 fully saturated rings. The van der Waals surface area contributed by atoms with Gasteiger partial charge in [0.1, 0.15) is 5.75 Å². The Morgan fingerprint density at radius 2 is 2.06 bits per heavy atom. The van der Waals surface area contributed by atoms with Crippen molar-refractivity contribution in [2.24, 2.45) is 11.5 Å². The molecule has 2 atom stereocenters. The third-order valence-electron chi connectivity index (χ3n) is 3.03. The summed E-state index contributed by atoms with van der Waals surface area (Å²) in [6, 6.07) is 5.41. The van der Waals surface area contributed by atoms with Crippen LogP contribution in [-0.2, 0) is 6.42 Å². The molecule has 0 saturated carbocycles. The Bertz CT molecular complexity index is 369. The molecule has 0 aliphatic rings. The Kier molecular flexibility index (Phi) is 6.12. The Labute approximate surface area is 109 Å². The van der Waals surface area contributed by atoms with Crippen LogP contribution in [0.1, 0.15) is 37.5 Å². The standard InChI is InChI=1S/C14H24N2O2/c1-3-10-9-11(18-4-2)5-6-12(10)14(17)13(16)7-8-15/h5-6,9,13-14,17H,3-4,7-8,15-16H2,1-2H3. The van der Waals surface area contributed by atoms with E-state index in [1.165, 1.54) is 0 Å². The minimum Gasteiger partial charge on any atom is -0.494 e. The molecule has 2 unspecified atom stereocenters. The molecule has 1 aromatic rings. The van der Waals surface area contributed by atoms with Crippen molar-refractivity contribution in [2.75, 3.05) is 13.2 Å². The van der Waals surface area contributed by atoms with E-state index in [1.807, 2.05) is 25.1 Å². The summed E-state index contributed by atoms with van der Waals surface area (Å²) >= 11 is 0. The van der Waals surface area contributed by atoms with Crippen molar-refractivity contribution in [2.45, 2.75) is 38.8 Å². The lowest BCUT2D eigenvalue weighted by atomic mass is 9.94. The highest BCUT2D eigenvalue weighted by atomic mass is 16.5. The summed E-state index contributed by atoms with van der Waals surface area (Å²) in [4.78, 5) is 0. The predicted octanol–water partition coefficient (Wildman–Crippen LogP) is 1.36. The topological polar surface area (TPSA) is 81.5 Å². The highest BCUT2D eigenvalue weighted by Crippen LogP contribution is 2.26. The van der Waals surface area contributed by atoms with Gasteiger partial charge in [-0.3, -0.25) is 0 Å². The molecule has 0 saturated heterocycles. The third kappa shape index (κ3) is 3.70. The molecule has 0 bridgehead atoms. The number of aliphatic hydroxyl groups is 1. The van der Waals surface area contributed by atoms with Gasteiger partial charge in [-0.1, -0.05) is 13.0 Å². The maximum atomic E-state index is 10.2. The summed E-state index contributed by atoms with van der Waals surface area (Å²) in [5.74, 6) is 0.831. The van der Waals surface area contributed by atoms with E-state index in [2.05, 4.69) is 6.92 Å². The lowest BCUT2D eigenvalue weighted by Gasteiger charge is -2.21. The largest absolute Gasteiger partial charge is 0.494 e. The molecule has 0 aromatic heterocycles. The molecule has 1 rings (SSSR count). The zero-order valence-corrected chi connectivity index (χ0v) is 11.2. The van der Waals surface area contributed by atoms with Crippen LogP contribution >= 0.6 is 0 Å². The molecule has 0 amide bonds. The molecule has 4 heteroatoms. The summed E-state index contributed by atoms with van der Waals surface area (Å²) in [6.07, 6.45) is 0.777. The first kappa shape index (κ1) is 15.0. The van der Waals surface area contributed by atoms with E-state index >= 15 is 0 Å². The molecule has 1 aromatic carbocycles. The molecule has 0 heterocycles. The van der Waals surface area contributed by atoms with Gasteiger partial charge >= 0.3 is 0 Å². The van der Waals surface area contributed by atoms with Crippen LogP contribution in [0.2, 0.25) is 0 Å². The van der Waals surface area contributed by atoms with Crippen LogP contribution in [0.25, 0.3) is 0 Å². The average Bonchev–Trinajstić information content (AvgIpc) is 2.38. The van der Waals surface area contributed by atoms with E-state index in [-0.39, 0.29) is 6.04 Å². The molecule has 102 valence electrons. The van der Waals surface area contributed by atoms with E-state index < -0.39 is 6.10 Å². The maximum Gasteiger partial charge on any atom is 0.119 e. The van der Waals surface area contributed by atoms with Crippen LogP contribution in [0, 0.1) is 0 Å². The summed E-state index contributed by atoms with van der Waals surface area (Å²) in [7, 11) is 0. The van der Waals surface area contributed by atoms with Gasteiger partial charge in [-0.25, -0.2) is 0 Å². The Morgan fingerprint density at radius 1 is 1.33 bits per heavy atom. The van der Waals surface area contributed by atoms with Gasteiger partial charge in [-0.2, -0.15) is 0 Å². The lowest BCUT2D eigenvalue weighted by molar-refractivity contribution is 0.142. The van der Waals surface area contributed by atoms with Gasteiger partial charge in [0, 0.05) is 6.04 Å². The van der Waals surface area contributed by atoms with Crippen LogP contribution in [0.5, 0.6) is 5.75 Å². The molecule has 18 heavy (non-hydrogen) atoms. The smallest absolute Gasteiger partial charge is 0.119 e. The van der Waals surface area contributed by atoms with Gasteiger partial charge in [-0.15, -0.1) is 0 Å². The summed E-state index contributed by atoms with van der Waals surface area (Å²) < 4.78 is 5.46. The summed E-state index contributed by atoms with van der Waals surface area (Å²) in [6.45, 7) is 5.12. The monoisotopic (exact) mass is 252 g/mol. The van der Waals surface area contributed by atoms with Crippen molar-refractivity contribution in [3.05, 3.63) is 29.3 Å². The number of aliphatic hydroxyl groups excluding tert-OH is 1. The summed E-state index contributed by atoms with van der Waals surface area (Å²) in [5, 5.41) is 10.2. The van der Waals surface area contributed by atoms with Crippen LogP contribution in [-0.4, -0.2) is 24.3 Å². The highest BCUT2D eigenvalue weighted by molar-refractivity contribution is 5.37. The van der Waals surface area contributed by atoms with Crippen LogP contribution in [0.4, 0.5) is 0 Å². The van der Waals surface area contributed by atoms with E-state index in [9.17, 15) is 5.11 Å². The first-order chi connectivity index (χ1) is 8.63.